The summed E-state index contributed by atoms with van der Waals surface area (Å²) >= 11 is 0. The van der Waals surface area contributed by atoms with E-state index in [-0.39, 0.29) is 11.4 Å². The Kier molecular flexibility index (Phi) is 3.93. The molecule has 0 saturated carbocycles. The van der Waals surface area contributed by atoms with Gasteiger partial charge in [0.25, 0.3) is 0 Å². The van der Waals surface area contributed by atoms with E-state index in [0.717, 1.165) is 6.54 Å². The number of quaternary nitrogens is 1. The molecule has 1 heterocycles. The van der Waals surface area contributed by atoms with E-state index in [1.54, 1.807) is 4.90 Å². The quantitative estimate of drug-likeness (QED) is 0.662. The first-order chi connectivity index (χ1) is 6.50. The fourth-order valence-corrected chi connectivity index (χ4v) is 1.63. The van der Waals surface area contributed by atoms with Gasteiger partial charge in [-0.15, -0.1) is 0 Å². The van der Waals surface area contributed by atoms with Gasteiger partial charge < -0.3 is 9.64 Å². The van der Waals surface area contributed by atoms with Crippen molar-refractivity contribution in [2.75, 3.05) is 26.2 Å². The predicted octanol–water partition coefficient (Wildman–Crippen LogP) is 0.254. The maximum atomic E-state index is 11.4. The Balaban J connectivity index is 2.11. The third kappa shape index (κ3) is 3.66. The van der Waals surface area contributed by atoms with Crippen LogP contribution in [0.2, 0.25) is 0 Å². The van der Waals surface area contributed by atoms with Gasteiger partial charge in [-0.2, -0.15) is 0 Å². The normalized spacial score (nSPS) is 18.5. The van der Waals surface area contributed by atoms with Gasteiger partial charge in [0.2, 0.25) is 0 Å². The standard InChI is InChI=1S/C11H21NO2/c1-11(2,3)10(13)14-9-8-12-6-4-5-7-12/h4-9H2,1-3H3/p+1. The van der Waals surface area contributed by atoms with Crippen LogP contribution in [0, 0.1) is 5.41 Å². The summed E-state index contributed by atoms with van der Waals surface area (Å²) in [5.74, 6) is -0.0869. The van der Waals surface area contributed by atoms with Gasteiger partial charge in [-0.25, -0.2) is 0 Å². The second-order valence-corrected chi connectivity index (χ2v) is 5.09. The monoisotopic (exact) mass is 200 g/mol. The van der Waals surface area contributed by atoms with Crippen molar-refractivity contribution in [2.24, 2.45) is 5.41 Å². The third-order valence-corrected chi connectivity index (χ3v) is 2.61. The van der Waals surface area contributed by atoms with E-state index in [9.17, 15) is 4.79 Å². The molecule has 1 aliphatic heterocycles. The molecule has 0 aromatic heterocycles. The van der Waals surface area contributed by atoms with Crippen molar-refractivity contribution in [3.8, 4) is 0 Å². The van der Waals surface area contributed by atoms with E-state index >= 15 is 0 Å². The molecule has 0 aromatic rings. The molecule has 0 aliphatic carbocycles. The number of nitrogens with one attached hydrogen (secondary N) is 1. The fourth-order valence-electron chi connectivity index (χ4n) is 1.63. The second kappa shape index (κ2) is 4.78. The van der Waals surface area contributed by atoms with E-state index in [2.05, 4.69) is 0 Å². The van der Waals surface area contributed by atoms with Crippen LogP contribution in [-0.4, -0.2) is 32.2 Å². The topological polar surface area (TPSA) is 30.7 Å². The summed E-state index contributed by atoms with van der Waals surface area (Å²) in [6.45, 7) is 9.70. The van der Waals surface area contributed by atoms with E-state index in [1.165, 1.54) is 25.9 Å². The molecule has 1 rings (SSSR count). The van der Waals surface area contributed by atoms with Crippen LogP contribution in [0.25, 0.3) is 0 Å². The van der Waals surface area contributed by atoms with Crippen LogP contribution in [0.4, 0.5) is 0 Å². The molecule has 0 radical (unpaired) electrons. The van der Waals surface area contributed by atoms with E-state index in [1.807, 2.05) is 20.8 Å². The molecular weight excluding hydrogens is 178 g/mol. The zero-order chi connectivity index (χ0) is 10.6. The summed E-state index contributed by atoms with van der Waals surface area (Å²) in [5, 5.41) is 0. The van der Waals surface area contributed by atoms with Crippen LogP contribution in [0.15, 0.2) is 0 Å². The first-order valence-corrected chi connectivity index (χ1v) is 5.51. The fraction of sp³-hybridized carbons (Fsp3) is 0.909. The van der Waals surface area contributed by atoms with Crippen molar-refractivity contribution in [1.82, 2.24) is 0 Å². The molecular formula is C11H22NO2+. The van der Waals surface area contributed by atoms with Crippen molar-refractivity contribution in [1.29, 1.82) is 0 Å². The van der Waals surface area contributed by atoms with Crippen molar-refractivity contribution < 1.29 is 14.4 Å². The maximum Gasteiger partial charge on any atom is 0.311 e. The summed E-state index contributed by atoms with van der Waals surface area (Å²) in [4.78, 5) is 13.0. The van der Waals surface area contributed by atoms with Crippen LogP contribution in [0.5, 0.6) is 0 Å². The Labute approximate surface area is 86.4 Å². The lowest BCUT2D eigenvalue weighted by Gasteiger charge is -2.17. The Morgan fingerprint density at radius 3 is 2.36 bits per heavy atom. The molecule has 1 fully saturated rings. The summed E-state index contributed by atoms with van der Waals surface area (Å²) in [6.07, 6.45) is 2.64. The minimum Gasteiger partial charge on any atom is -0.459 e. The van der Waals surface area contributed by atoms with Crippen LogP contribution in [-0.2, 0) is 9.53 Å². The highest BCUT2D eigenvalue weighted by atomic mass is 16.5. The lowest BCUT2D eigenvalue weighted by atomic mass is 9.97. The number of carbonyl (C=O) groups is 1. The molecule has 0 atom stereocenters. The van der Waals surface area contributed by atoms with Crippen molar-refractivity contribution >= 4 is 5.97 Å². The molecule has 0 spiro atoms. The van der Waals surface area contributed by atoms with Gasteiger partial charge in [0, 0.05) is 12.8 Å². The van der Waals surface area contributed by atoms with E-state index in [4.69, 9.17) is 4.74 Å². The average Bonchev–Trinajstić information content (AvgIpc) is 2.55. The van der Waals surface area contributed by atoms with Crippen LogP contribution < -0.4 is 4.90 Å². The van der Waals surface area contributed by atoms with Gasteiger partial charge in [-0.1, -0.05) is 0 Å². The number of esters is 1. The molecule has 3 heteroatoms. The second-order valence-electron chi connectivity index (χ2n) is 5.09. The molecule has 1 saturated heterocycles. The molecule has 0 aromatic carbocycles. The SMILES string of the molecule is CC(C)(C)C(=O)OCC[NH+]1CCCC1. The molecule has 82 valence electrons. The van der Waals surface area contributed by atoms with Crippen molar-refractivity contribution in [2.45, 2.75) is 33.6 Å². The van der Waals surface area contributed by atoms with Gasteiger partial charge in [0.15, 0.2) is 0 Å². The Hall–Kier alpha value is -0.570. The smallest absolute Gasteiger partial charge is 0.311 e. The van der Waals surface area contributed by atoms with Gasteiger partial charge in [-0.3, -0.25) is 4.79 Å². The van der Waals surface area contributed by atoms with Gasteiger partial charge in [-0.05, 0) is 20.8 Å². The minimum atomic E-state index is -0.361. The number of ether oxygens (including phenoxy) is 1. The highest BCUT2D eigenvalue weighted by Gasteiger charge is 2.23. The molecule has 14 heavy (non-hydrogen) atoms. The predicted molar refractivity (Wildman–Crippen MR) is 55.2 cm³/mol. The number of likely N-dealkylation sites (tertiary alicyclic amines) is 1. The molecule has 0 unspecified atom stereocenters. The largest absolute Gasteiger partial charge is 0.459 e. The lowest BCUT2D eigenvalue weighted by molar-refractivity contribution is -0.887. The molecule has 0 amide bonds. The number of rotatable bonds is 3. The van der Waals surface area contributed by atoms with Crippen LogP contribution >= 0.6 is 0 Å². The third-order valence-electron chi connectivity index (χ3n) is 2.61. The number of carbonyl (C=O) groups excluding carboxylic acids is 1. The molecule has 1 N–H and O–H groups in total. The lowest BCUT2D eigenvalue weighted by Crippen LogP contribution is -3.10. The number of hydrogen-bond donors (Lipinski definition) is 1. The highest BCUT2D eigenvalue weighted by Crippen LogP contribution is 2.14. The summed E-state index contributed by atoms with van der Waals surface area (Å²) in [7, 11) is 0. The zero-order valence-corrected chi connectivity index (χ0v) is 9.56. The summed E-state index contributed by atoms with van der Waals surface area (Å²) < 4.78 is 5.21. The Bertz CT molecular complexity index is 190. The number of hydrogen-bond acceptors (Lipinski definition) is 2. The minimum absolute atomic E-state index is 0.0869. The average molecular weight is 200 g/mol. The maximum absolute atomic E-state index is 11.4. The van der Waals surface area contributed by atoms with Crippen molar-refractivity contribution in [3.63, 3.8) is 0 Å². The van der Waals surface area contributed by atoms with E-state index in [0.29, 0.717) is 6.61 Å². The van der Waals surface area contributed by atoms with E-state index < -0.39 is 0 Å². The highest BCUT2D eigenvalue weighted by molar-refractivity contribution is 5.75. The first-order valence-electron chi connectivity index (χ1n) is 5.51. The van der Waals surface area contributed by atoms with Crippen molar-refractivity contribution in [3.05, 3.63) is 0 Å². The zero-order valence-electron chi connectivity index (χ0n) is 9.56. The van der Waals surface area contributed by atoms with Gasteiger partial charge in [0.1, 0.15) is 13.2 Å². The summed E-state index contributed by atoms with van der Waals surface area (Å²) in [6, 6.07) is 0. The Morgan fingerprint density at radius 2 is 1.86 bits per heavy atom. The first kappa shape index (κ1) is 11.5. The van der Waals surface area contributed by atoms with Gasteiger partial charge >= 0.3 is 5.97 Å². The molecule has 3 nitrogen and oxygen atoms in total. The molecule has 0 bridgehead atoms. The Morgan fingerprint density at radius 1 is 1.29 bits per heavy atom. The molecule has 1 aliphatic rings. The summed E-state index contributed by atoms with van der Waals surface area (Å²) in [5.41, 5.74) is -0.361. The van der Waals surface area contributed by atoms with Crippen LogP contribution in [0.3, 0.4) is 0 Å². The van der Waals surface area contributed by atoms with Crippen LogP contribution in [0.1, 0.15) is 33.6 Å². The van der Waals surface area contributed by atoms with Gasteiger partial charge in [0.05, 0.1) is 18.5 Å².